The van der Waals surface area contributed by atoms with Crippen molar-refractivity contribution in [3.8, 4) is 0 Å². The number of nitrogens with one attached hydrogen (secondary N) is 2. The number of nitrogens with zero attached hydrogens (tertiary/aromatic N) is 4. The van der Waals surface area contributed by atoms with Crippen molar-refractivity contribution in [3.05, 3.63) is 41.3 Å². The first-order chi connectivity index (χ1) is 12.5. The summed E-state index contributed by atoms with van der Waals surface area (Å²) in [7, 11) is 1.73. The highest BCUT2D eigenvalue weighted by atomic mass is 16.2. The predicted molar refractivity (Wildman–Crippen MR) is 97.4 cm³/mol. The number of fused-ring (bicyclic) bond motifs is 1. The van der Waals surface area contributed by atoms with Crippen LogP contribution in [0.5, 0.6) is 0 Å². The molecule has 2 aromatic rings. The van der Waals surface area contributed by atoms with Crippen molar-refractivity contribution in [2.24, 2.45) is 5.92 Å². The first-order valence-corrected chi connectivity index (χ1v) is 8.75. The molecule has 2 amide bonds. The molecule has 0 saturated heterocycles. The monoisotopic (exact) mass is 356 g/mol. The Morgan fingerprint density at radius 2 is 2.12 bits per heavy atom. The Kier molecular flexibility index (Phi) is 5.20. The zero-order valence-electron chi connectivity index (χ0n) is 15.3. The summed E-state index contributed by atoms with van der Waals surface area (Å²) in [5.74, 6) is 0.481. The number of hydrogen-bond donors (Lipinski definition) is 2. The van der Waals surface area contributed by atoms with E-state index < -0.39 is 0 Å². The molecule has 0 fully saturated rings. The molecule has 0 saturated carbocycles. The molecule has 3 heterocycles. The van der Waals surface area contributed by atoms with Gasteiger partial charge < -0.3 is 15.5 Å². The van der Waals surface area contributed by atoms with Gasteiger partial charge in [-0.05, 0) is 18.2 Å². The van der Waals surface area contributed by atoms with Crippen molar-refractivity contribution in [1.82, 2.24) is 25.0 Å². The largest absolute Gasteiger partial charge is 0.372 e. The fraction of sp³-hybridized carbons (Fsp3) is 0.444. The quantitative estimate of drug-likeness (QED) is 0.841. The van der Waals surface area contributed by atoms with Gasteiger partial charge >= 0.3 is 0 Å². The lowest BCUT2D eigenvalue weighted by atomic mass is 10.1. The van der Waals surface area contributed by atoms with Gasteiger partial charge in [-0.3, -0.25) is 14.3 Å². The standard InChI is InChI=1S/C18H24N6O2/c1-12(2)18(26)23-7-8-24-14(11-23)9-13(22-24)10-21-17(25)15-5-4-6-20-16(15)19-3/h4-6,9,12H,7-8,10-11H2,1-3H3,(H,19,20)(H,21,25). The SMILES string of the molecule is CNc1ncccc1C(=O)NCc1cc2n(n1)CCN(C(=O)C(C)C)C2. The Morgan fingerprint density at radius 3 is 2.85 bits per heavy atom. The highest BCUT2D eigenvalue weighted by Gasteiger charge is 2.24. The van der Waals surface area contributed by atoms with E-state index in [0.717, 1.165) is 11.4 Å². The third kappa shape index (κ3) is 3.68. The number of amides is 2. The van der Waals surface area contributed by atoms with E-state index in [4.69, 9.17) is 0 Å². The van der Waals surface area contributed by atoms with E-state index in [9.17, 15) is 9.59 Å². The second kappa shape index (κ2) is 7.55. The van der Waals surface area contributed by atoms with E-state index in [0.29, 0.717) is 37.6 Å². The molecule has 0 unspecified atom stereocenters. The Labute approximate surface area is 152 Å². The molecule has 1 aliphatic heterocycles. The summed E-state index contributed by atoms with van der Waals surface area (Å²) in [4.78, 5) is 30.5. The van der Waals surface area contributed by atoms with Crippen molar-refractivity contribution < 1.29 is 9.59 Å². The molecule has 26 heavy (non-hydrogen) atoms. The van der Waals surface area contributed by atoms with Crippen LogP contribution in [-0.4, -0.2) is 45.1 Å². The maximum absolute atomic E-state index is 12.4. The van der Waals surface area contributed by atoms with E-state index in [2.05, 4.69) is 20.7 Å². The van der Waals surface area contributed by atoms with Crippen LogP contribution in [0.2, 0.25) is 0 Å². The van der Waals surface area contributed by atoms with E-state index >= 15 is 0 Å². The van der Waals surface area contributed by atoms with Crippen LogP contribution < -0.4 is 10.6 Å². The minimum absolute atomic E-state index is 0.0101. The van der Waals surface area contributed by atoms with Gasteiger partial charge in [-0.15, -0.1) is 0 Å². The van der Waals surface area contributed by atoms with E-state index in [1.54, 1.807) is 25.4 Å². The number of rotatable bonds is 5. The Bertz CT molecular complexity index is 814. The van der Waals surface area contributed by atoms with Crippen LogP contribution in [0.15, 0.2) is 24.4 Å². The topological polar surface area (TPSA) is 92.2 Å². The highest BCUT2D eigenvalue weighted by molar-refractivity contribution is 5.98. The van der Waals surface area contributed by atoms with Gasteiger partial charge in [0.1, 0.15) is 5.82 Å². The Hall–Kier alpha value is -2.90. The smallest absolute Gasteiger partial charge is 0.255 e. The van der Waals surface area contributed by atoms with Crippen LogP contribution in [0.1, 0.15) is 35.6 Å². The number of anilines is 1. The van der Waals surface area contributed by atoms with Gasteiger partial charge in [-0.2, -0.15) is 5.10 Å². The maximum Gasteiger partial charge on any atom is 0.255 e. The lowest BCUT2D eigenvalue weighted by molar-refractivity contribution is -0.136. The van der Waals surface area contributed by atoms with Gasteiger partial charge in [0.15, 0.2) is 0 Å². The normalized spacial score (nSPS) is 13.5. The van der Waals surface area contributed by atoms with Gasteiger partial charge in [0, 0.05) is 25.7 Å². The summed E-state index contributed by atoms with van der Waals surface area (Å²) >= 11 is 0. The molecular formula is C18H24N6O2. The molecule has 8 nitrogen and oxygen atoms in total. The van der Waals surface area contributed by atoms with Crippen LogP contribution in [0.4, 0.5) is 5.82 Å². The Morgan fingerprint density at radius 1 is 1.31 bits per heavy atom. The van der Waals surface area contributed by atoms with Crippen molar-refractivity contribution in [2.75, 3.05) is 18.9 Å². The van der Waals surface area contributed by atoms with Crippen LogP contribution >= 0.6 is 0 Å². The van der Waals surface area contributed by atoms with Crippen molar-refractivity contribution >= 4 is 17.6 Å². The molecular weight excluding hydrogens is 332 g/mol. The molecule has 3 rings (SSSR count). The zero-order valence-corrected chi connectivity index (χ0v) is 15.3. The molecule has 0 aliphatic carbocycles. The predicted octanol–water partition coefficient (Wildman–Crippen LogP) is 1.25. The van der Waals surface area contributed by atoms with Crippen LogP contribution in [0.25, 0.3) is 0 Å². The molecule has 0 radical (unpaired) electrons. The molecule has 2 aromatic heterocycles. The van der Waals surface area contributed by atoms with Crippen LogP contribution in [0.3, 0.4) is 0 Å². The van der Waals surface area contributed by atoms with Gasteiger partial charge in [-0.25, -0.2) is 4.98 Å². The second-order valence-electron chi connectivity index (χ2n) is 6.60. The Balaban J connectivity index is 1.64. The number of aromatic nitrogens is 3. The lowest BCUT2D eigenvalue weighted by Crippen LogP contribution is -2.40. The molecule has 2 N–H and O–H groups in total. The van der Waals surface area contributed by atoms with E-state index in [-0.39, 0.29) is 17.7 Å². The summed E-state index contributed by atoms with van der Waals surface area (Å²) in [5.41, 5.74) is 2.27. The second-order valence-corrected chi connectivity index (χ2v) is 6.60. The molecule has 0 aromatic carbocycles. The third-order valence-electron chi connectivity index (χ3n) is 4.37. The number of carbonyl (C=O) groups is 2. The molecule has 0 bridgehead atoms. The minimum atomic E-state index is -0.204. The fourth-order valence-electron chi connectivity index (χ4n) is 3.02. The average molecular weight is 356 g/mol. The molecule has 0 spiro atoms. The summed E-state index contributed by atoms with van der Waals surface area (Å²) in [5, 5.41) is 10.3. The molecule has 8 heteroatoms. The molecule has 138 valence electrons. The molecule has 0 atom stereocenters. The third-order valence-corrected chi connectivity index (χ3v) is 4.37. The zero-order chi connectivity index (χ0) is 18.7. The average Bonchev–Trinajstić information content (AvgIpc) is 3.07. The first kappa shape index (κ1) is 17.9. The van der Waals surface area contributed by atoms with Crippen LogP contribution in [-0.2, 0) is 24.4 Å². The van der Waals surface area contributed by atoms with Crippen molar-refractivity contribution in [3.63, 3.8) is 0 Å². The first-order valence-electron chi connectivity index (χ1n) is 8.75. The highest BCUT2D eigenvalue weighted by Crippen LogP contribution is 2.16. The number of carbonyl (C=O) groups excluding carboxylic acids is 2. The van der Waals surface area contributed by atoms with Gasteiger partial charge in [0.05, 0.1) is 36.6 Å². The fourth-order valence-corrected chi connectivity index (χ4v) is 3.02. The van der Waals surface area contributed by atoms with Crippen molar-refractivity contribution in [1.29, 1.82) is 0 Å². The summed E-state index contributed by atoms with van der Waals surface area (Å²) in [6.07, 6.45) is 1.64. The maximum atomic E-state index is 12.4. The summed E-state index contributed by atoms with van der Waals surface area (Å²) in [6.45, 7) is 6.05. The lowest BCUT2D eigenvalue weighted by Gasteiger charge is -2.29. The molecule has 1 aliphatic rings. The van der Waals surface area contributed by atoms with Gasteiger partial charge in [0.2, 0.25) is 5.91 Å². The summed E-state index contributed by atoms with van der Waals surface area (Å²) in [6, 6.07) is 5.40. The van der Waals surface area contributed by atoms with E-state index in [1.165, 1.54) is 0 Å². The van der Waals surface area contributed by atoms with Crippen LogP contribution in [0, 0.1) is 5.92 Å². The van der Waals surface area contributed by atoms with Gasteiger partial charge in [0.25, 0.3) is 5.91 Å². The van der Waals surface area contributed by atoms with E-state index in [1.807, 2.05) is 29.5 Å². The van der Waals surface area contributed by atoms with Gasteiger partial charge in [-0.1, -0.05) is 13.8 Å². The van der Waals surface area contributed by atoms with Crippen molar-refractivity contribution in [2.45, 2.75) is 33.5 Å². The number of hydrogen-bond acceptors (Lipinski definition) is 5. The number of pyridine rings is 1. The summed E-state index contributed by atoms with van der Waals surface area (Å²) < 4.78 is 1.91. The minimum Gasteiger partial charge on any atom is -0.372 e.